The molecule has 0 radical (unpaired) electrons. The molecule has 138 valence electrons. The fraction of sp³-hybridized carbons (Fsp3) is 0.300. The molecule has 1 unspecified atom stereocenters. The fourth-order valence-corrected chi connectivity index (χ4v) is 3.62. The Kier molecular flexibility index (Phi) is 4.06. The fourth-order valence-electron chi connectivity index (χ4n) is 3.62. The van der Waals surface area contributed by atoms with Crippen molar-refractivity contribution in [1.82, 2.24) is 4.98 Å². The summed E-state index contributed by atoms with van der Waals surface area (Å²) in [7, 11) is 0. The van der Waals surface area contributed by atoms with Gasteiger partial charge >= 0.3 is 0 Å². The van der Waals surface area contributed by atoms with Crippen LogP contribution in [0.25, 0.3) is 11.1 Å². The second-order valence-electron chi connectivity index (χ2n) is 6.61. The summed E-state index contributed by atoms with van der Waals surface area (Å²) >= 11 is 0. The predicted octanol–water partition coefficient (Wildman–Crippen LogP) is 3.45. The average Bonchev–Trinajstić information content (AvgIpc) is 3.41. The number of ether oxygens (including phenoxy) is 1. The maximum atomic E-state index is 14.7. The summed E-state index contributed by atoms with van der Waals surface area (Å²) < 4.78 is 48.3. The highest BCUT2D eigenvalue weighted by atomic mass is 19.3. The van der Waals surface area contributed by atoms with E-state index in [-0.39, 0.29) is 11.6 Å². The highest BCUT2D eigenvalue weighted by Crippen LogP contribution is 2.56. The highest BCUT2D eigenvalue weighted by Gasteiger charge is 2.64. The summed E-state index contributed by atoms with van der Waals surface area (Å²) in [6.45, 7) is 1.70. The molecule has 1 fully saturated rings. The van der Waals surface area contributed by atoms with E-state index < -0.39 is 29.8 Å². The number of pyridine rings is 1. The average molecular weight is 371 g/mol. The molecule has 2 N–H and O–H groups in total. The van der Waals surface area contributed by atoms with Crippen LogP contribution in [0.4, 0.5) is 13.2 Å². The van der Waals surface area contributed by atoms with Crippen LogP contribution in [0, 0.1) is 23.6 Å². The molecule has 7 heteroatoms. The zero-order chi connectivity index (χ0) is 19.2. The molecule has 4 rings (SSSR count). The molecule has 2 heterocycles. The molecule has 2 aliphatic rings. The van der Waals surface area contributed by atoms with Crippen LogP contribution in [0.5, 0.6) is 0 Å². The van der Waals surface area contributed by atoms with Gasteiger partial charge in [0, 0.05) is 35.0 Å². The van der Waals surface area contributed by atoms with Gasteiger partial charge in [-0.25, -0.2) is 18.2 Å². The van der Waals surface area contributed by atoms with E-state index in [0.29, 0.717) is 23.1 Å². The molecule has 27 heavy (non-hydrogen) atoms. The summed E-state index contributed by atoms with van der Waals surface area (Å²) in [6.07, 6.45) is 0.165. The third-order valence-electron chi connectivity index (χ3n) is 4.94. The number of fused-ring (bicyclic) bond motifs is 1. The molecule has 1 aliphatic heterocycles. The molecule has 4 nitrogen and oxygen atoms in total. The van der Waals surface area contributed by atoms with Crippen LogP contribution in [-0.4, -0.2) is 23.5 Å². The first-order valence-electron chi connectivity index (χ1n) is 8.44. The monoisotopic (exact) mass is 371 g/mol. The highest BCUT2D eigenvalue weighted by molar-refractivity contribution is 5.74. The van der Waals surface area contributed by atoms with Crippen molar-refractivity contribution in [2.45, 2.75) is 31.4 Å². The third kappa shape index (κ3) is 2.81. The molecule has 0 bridgehead atoms. The van der Waals surface area contributed by atoms with Crippen LogP contribution < -0.4 is 5.73 Å². The maximum absolute atomic E-state index is 14.7. The lowest BCUT2D eigenvalue weighted by Crippen LogP contribution is -2.43. The van der Waals surface area contributed by atoms with Crippen LogP contribution in [0.3, 0.4) is 0 Å². The van der Waals surface area contributed by atoms with E-state index in [1.165, 1.54) is 18.2 Å². The molecule has 0 amide bonds. The van der Waals surface area contributed by atoms with Gasteiger partial charge in [-0.05, 0) is 37.1 Å². The first kappa shape index (κ1) is 17.4. The third-order valence-corrected chi connectivity index (χ3v) is 4.94. The van der Waals surface area contributed by atoms with Gasteiger partial charge in [0.05, 0.1) is 0 Å². The number of alkyl halides is 2. The van der Waals surface area contributed by atoms with E-state index >= 15 is 0 Å². The van der Waals surface area contributed by atoms with Crippen molar-refractivity contribution in [1.29, 1.82) is 0 Å². The number of hydrogen-bond donors (Lipinski definition) is 1. The summed E-state index contributed by atoms with van der Waals surface area (Å²) in [4.78, 5) is 8.01. The molecule has 1 aliphatic carbocycles. The van der Waals surface area contributed by atoms with E-state index in [4.69, 9.17) is 10.5 Å². The van der Waals surface area contributed by atoms with Gasteiger partial charge in [0.1, 0.15) is 11.9 Å². The Morgan fingerprint density at radius 2 is 2.07 bits per heavy atom. The van der Waals surface area contributed by atoms with E-state index in [1.807, 2.05) is 0 Å². The minimum Gasteiger partial charge on any atom is -0.462 e. The number of hydrogen-bond acceptors (Lipinski definition) is 4. The van der Waals surface area contributed by atoms with Crippen LogP contribution in [0.1, 0.15) is 24.5 Å². The van der Waals surface area contributed by atoms with Crippen molar-refractivity contribution < 1.29 is 17.9 Å². The van der Waals surface area contributed by atoms with Crippen molar-refractivity contribution >= 4 is 6.02 Å². The van der Waals surface area contributed by atoms with Gasteiger partial charge in [-0.1, -0.05) is 12.0 Å². The van der Waals surface area contributed by atoms with Gasteiger partial charge in [-0.15, -0.1) is 5.92 Å². The Morgan fingerprint density at radius 1 is 1.26 bits per heavy atom. The molecule has 1 saturated carbocycles. The van der Waals surface area contributed by atoms with E-state index in [2.05, 4.69) is 21.8 Å². The summed E-state index contributed by atoms with van der Waals surface area (Å²) in [5.74, 6) is 4.31. The minimum atomic E-state index is -2.92. The van der Waals surface area contributed by atoms with Gasteiger partial charge in [0.15, 0.2) is 5.54 Å². The quantitative estimate of drug-likeness (QED) is 0.841. The smallest absolute Gasteiger partial charge is 0.283 e. The molecular weight excluding hydrogens is 355 g/mol. The van der Waals surface area contributed by atoms with Gasteiger partial charge in [0.2, 0.25) is 0 Å². The SMILES string of the molecule is CC#Cc1cncc(-c2ccc(F)c([C@]3(C(F)F)N=C(N)OC4C[C@H]43)c2)c1. The largest absolute Gasteiger partial charge is 0.462 e. The second-order valence-corrected chi connectivity index (χ2v) is 6.61. The van der Waals surface area contributed by atoms with Crippen molar-refractivity contribution in [3.8, 4) is 23.0 Å². The number of amidine groups is 1. The Morgan fingerprint density at radius 3 is 2.81 bits per heavy atom. The van der Waals surface area contributed by atoms with Gasteiger partial charge in [-0.3, -0.25) is 4.98 Å². The summed E-state index contributed by atoms with van der Waals surface area (Å²) in [6, 6.07) is 5.54. The van der Waals surface area contributed by atoms with Gasteiger partial charge < -0.3 is 10.5 Å². The van der Waals surface area contributed by atoms with E-state index in [1.54, 1.807) is 25.4 Å². The Balaban J connectivity index is 1.86. The second kappa shape index (κ2) is 6.31. The van der Waals surface area contributed by atoms with Gasteiger partial charge in [0.25, 0.3) is 12.4 Å². The summed E-state index contributed by atoms with van der Waals surface area (Å²) in [5.41, 5.74) is 5.26. The molecule has 3 atom stereocenters. The van der Waals surface area contributed by atoms with E-state index in [0.717, 1.165) is 0 Å². The lowest BCUT2D eigenvalue weighted by Gasteiger charge is -2.33. The molecule has 0 saturated heterocycles. The number of nitrogens with two attached hydrogens (primary N) is 1. The zero-order valence-electron chi connectivity index (χ0n) is 14.4. The lowest BCUT2D eigenvalue weighted by molar-refractivity contribution is 0.0177. The number of rotatable bonds is 3. The van der Waals surface area contributed by atoms with Crippen LogP contribution >= 0.6 is 0 Å². The Labute approximate surface area is 154 Å². The molecule has 2 aromatic rings. The topological polar surface area (TPSA) is 60.5 Å². The molecule has 1 aromatic heterocycles. The van der Waals surface area contributed by atoms with Crippen LogP contribution in [0.2, 0.25) is 0 Å². The number of aromatic nitrogens is 1. The number of aliphatic imine (C=N–C) groups is 1. The standard InChI is InChI=1S/C20H16F3N3O/c1-2-3-11-6-13(10-25-9-11)12-4-5-16(21)14(7-12)20(18(22)23)15-8-17(15)27-19(24)26-20/h4-7,9-10,15,17-18H,8H2,1H3,(H2,24,26)/t15-,17?,20+/m1/s1. The Hall–Kier alpha value is -3.01. The zero-order valence-corrected chi connectivity index (χ0v) is 14.4. The first-order chi connectivity index (χ1) is 13.0. The first-order valence-corrected chi connectivity index (χ1v) is 8.44. The van der Waals surface area contributed by atoms with Crippen molar-refractivity contribution in [3.63, 3.8) is 0 Å². The normalized spacial score (nSPS) is 25.7. The molecule has 1 aromatic carbocycles. The van der Waals surface area contributed by atoms with Gasteiger partial charge in [-0.2, -0.15) is 0 Å². The Bertz CT molecular complexity index is 995. The van der Waals surface area contributed by atoms with Crippen LogP contribution in [-0.2, 0) is 10.3 Å². The predicted molar refractivity (Wildman–Crippen MR) is 94.5 cm³/mol. The van der Waals surface area contributed by atoms with Crippen molar-refractivity contribution in [2.24, 2.45) is 16.6 Å². The minimum absolute atomic E-state index is 0.180. The van der Waals surface area contributed by atoms with E-state index in [9.17, 15) is 13.2 Å². The number of benzene rings is 1. The maximum Gasteiger partial charge on any atom is 0.283 e. The molecule has 0 spiro atoms. The number of nitrogens with zero attached hydrogens (tertiary/aromatic N) is 2. The molecular formula is C20H16F3N3O. The summed E-state index contributed by atoms with van der Waals surface area (Å²) in [5, 5.41) is 0. The van der Waals surface area contributed by atoms with Crippen molar-refractivity contribution in [3.05, 3.63) is 53.6 Å². The van der Waals surface area contributed by atoms with Crippen LogP contribution in [0.15, 0.2) is 41.7 Å². The lowest BCUT2D eigenvalue weighted by atomic mass is 9.83. The van der Waals surface area contributed by atoms with Crippen molar-refractivity contribution in [2.75, 3.05) is 0 Å². The number of halogens is 3.